The average Bonchev–Trinajstić information content (AvgIpc) is 3.95. The van der Waals surface area contributed by atoms with Crippen LogP contribution in [-0.2, 0) is 6.42 Å². The minimum absolute atomic E-state index is 0.688. The van der Waals surface area contributed by atoms with Crippen LogP contribution in [0.25, 0.3) is 101 Å². The summed E-state index contributed by atoms with van der Waals surface area (Å²) in [6.07, 6.45) is 5.10. The molecule has 0 saturated heterocycles. The predicted octanol–water partition coefficient (Wildman–Crippen LogP) is 12.1. The van der Waals surface area contributed by atoms with Crippen LogP contribution in [0.4, 0.5) is 0 Å². The molecule has 0 spiro atoms. The molecule has 0 N–H and O–H groups in total. The zero-order chi connectivity index (χ0) is 34.9. The third kappa shape index (κ3) is 4.75. The Labute approximate surface area is 305 Å². The molecule has 5 heteroatoms. The molecule has 0 atom stereocenters. The van der Waals surface area contributed by atoms with Crippen molar-refractivity contribution in [2.45, 2.75) is 6.42 Å². The van der Waals surface area contributed by atoms with Gasteiger partial charge in [-0.05, 0) is 36.4 Å². The first-order valence-electron chi connectivity index (χ1n) is 17.9. The Morgan fingerprint density at radius 3 is 1.79 bits per heavy atom. The van der Waals surface area contributed by atoms with Crippen LogP contribution in [0.5, 0.6) is 0 Å². The van der Waals surface area contributed by atoms with Crippen molar-refractivity contribution in [3.63, 3.8) is 0 Å². The van der Waals surface area contributed by atoms with Gasteiger partial charge in [0.1, 0.15) is 11.2 Å². The molecule has 5 nitrogen and oxygen atoms in total. The number of allylic oxidation sites excluding steroid dienone is 1. The van der Waals surface area contributed by atoms with Crippen molar-refractivity contribution in [1.29, 1.82) is 0 Å². The molecule has 6 aromatic carbocycles. The maximum absolute atomic E-state index is 6.42. The molecular formula is C48H30N4O. The van der Waals surface area contributed by atoms with E-state index in [1.807, 2.05) is 30.3 Å². The highest BCUT2D eigenvalue weighted by molar-refractivity contribution is 6.14. The summed E-state index contributed by atoms with van der Waals surface area (Å²) in [6.45, 7) is 0. The Bertz CT molecular complexity index is 3010. The highest BCUT2D eigenvalue weighted by atomic mass is 16.3. The van der Waals surface area contributed by atoms with Crippen molar-refractivity contribution in [3.8, 4) is 50.8 Å². The van der Waals surface area contributed by atoms with Gasteiger partial charge in [-0.1, -0.05) is 133 Å². The number of fused-ring (bicyclic) bond motifs is 8. The zero-order valence-corrected chi connectivity index (χ0v) is 28.6. The Balaban J connectivity index is 1.01. The van der Waals surface area contributed by atoms with E-state index in [1.165, 1.54) is 21.8 Å². The minimum atomic E-state index is 0.688. The highest BCUT2D eigenvalue weighted by Gasteiger charge is 2.22. The van der Waals surface area contributed by atoms with E-state index in [0.29, 0.717) is 5.82 Å². The van der Waals surface area contributed by atoms with E-state index in [9.17, 15) is 0 Å². The van der Waals surface area contributed by atoms with Gasteiger partial charge in [-0.25, -0.2) is 9.97 Å². The Morgan fingerprint density at radius 1 is 0.509 bits per heavy atom. The number of aromatic nitrogens is 4. The fourth-order valence-corrected chi connectivity index (χ4v) is 7.92. The normalized spacial score (nSPS) is 12.4. The van der Waals surface area contributed by atoms with Gasteiger partial charge in [0, 0.05) is 56.1 Å². The summed E-state index contributed by atoms with van der Waals surface area (Å²) in [6, 6.07) is 55.0. The molecule has 4 aromatic heterocycles. The Morgan fingerprint density at radius 2 is 1.09 bits per heavy atom. The summed E-state index contributed by atoms with van der Waals surface area (Å²) >= 11 is 0. The molecule has 0 amide bonds. The maximum Gasteiger partial charge on any atom is 0.160 e. The second-order valence-electron chi connectivity index (χ2n) is 13.6. The topological polar surface area (TPSA) is 56.7 Å². The van der Waals surface area contributed by atoms with Crippen LogP contribution in [0.15, 0.2) is 168 Å². The molecule has 0 radical (unpaired) electrons. The van der Waals surface area contributed by atoms with Crippen LogP contribution < -0.4 is 0 Å². The van der Waals surface area contributed by atoms with Crippen molar-refractivity contribution < 1.29 is 4.42 Å². The van der Waals surface area contributed by atoms with Crippen molar-refractivity contribution in [2.24, 2.45) is 0 Å². The van der Waals surface area contributed by atoms with Gasteiger partial charge >= 0.3 is 0 Å². The molecule has 11 rings (SSSR count). The summed E-state index contributed by atoms with van der Waals surface area (Å²) in [5, 5.41) is 4.63. The van der Waals surface area contributed by atoms with E-state index in [-0.39, 0.29) is 0 Å². The molecule has 4 heterocycles. The van der Waals surface area contributed by atoms with E-state index in [1.54, 1.807) is 0 Å². The third-order valence-electron chi connectivity index (χ3n) is 10.4. The molecule has 53 heavy (non-hydrogen) atoms. The van der Waals surface area contributed by atoms with Crippen molar-refractivity contribution in [2.75, 3.05) is 0 Å². The van der Waals surface area contributed by atoms with Gasteiger partial charge in [0.2, 0.25) is 0 Å². The molecule has 0 unspecified atom stereocenters. The molecule has 1 aliphatic carbocycles. The number of hydrogen-bond acceptors (Lipinski definition) is 4. The highest BCUT2D eigenvalue weighted by Crippen LogP contribution is 2.41. The first kappa shape index (κ1) is 29.6. The lowest BCUT2D eigenvalue weighted by Gasteiger charge is -2.12. The lowest BCUT2D eigenvalue weighted by Crippen LogP contribution is -1.97. The summed E-state index contributed by atoms with van der Waals surface area (Å²) in [5.74, 6) is 0.688. The lowest BCUT2D eigenvalue weighted by molar-refractivity contribution is 0.667. The van der Waals surface area contributed by atoms with Crippen molar-refractivity contribution in [3.05, 3.63) is 175 Å². The standard InChI is InChI=1S/C48H30N4O/c1-2-11-33(12-3-1)48-50-40(29-41(51-48)31-25-27-34(28-26-31)52-42-18-7-4-13-35(42)36-14-5-8-19-43(36)52)30-21-23-32(24-22-30)46-45-38-15-6-9-20-44(38)53-47(45)37-16-10-17-39(37)49-46/h1-16,18-29H,17H2. The van der Waals surface area contributed by atoms with Crippen LogP contribution >= 0.6 is 0 Å². The second-order valence-corrected chi connectivity index (χ2v) is 13.6. The molecule has 0 fully saturated rings. The summed E-state index contributed by atoms with van der Waals surface area (Å²) in [7, 11) is 0. The monoisotopic (exact) mass is 678 g/mol. The molecule has 248 valence electrons. The summed E-state index contributed by atoms with van der Waals surface area (Å²) in [4.78, 5) is 15.4. The largest absolute Gasteiger partial charge is 0.455 e. The first-order valence-corrected chi connectivity index (χ1v) is 17.9. The quantitative estimate of drug-likeness (QED) is 0.182. The Kier molecular flexibility index (Phi) is 6.55. The number of pyridine rings is 1. The van der Waals surface area contributed by atoms with E-state index in [4.69, 9.17) is 19.4 Å². The Hall–Kier alpha value is -7.11. The van der Waals surface area contributed by atoms with Crippen LogP contribution in [0, 0.1) is 0 Å². The van der Waals surface area contributed by atoms with E-state index < -0.39 is 0 Å². The molecule has 1 aliphatic rings. The van der Waals surface area contributed by atoms with Gasteiger partial charge in [0.05, 0.1) is 39.2 Å². The number of hydrogen-bond donors (Lipinski definition) is 0. The molecule has 10 aromatic rings. The van der Waals surface area contributed by atoms with E-state index in [2.05, 4.69) is 144 Å². The molecule has 0 bridgehead atoms. The van der Waals surface area contributed by atoms with Crippen LogP contribution in [0.2, 0.25) is 0 Å². The minimum Gasteiger partial charge on any atom is -0.455 e. The number of para-hydroxylation sites is 3. The third-order valence-corrected chi connectivity index (χ3v) is 10.4. The number of furan rings is 1. The lowest BCUT2D eigenvalue weighted by atomic mass is 10.00. The zero-order valence-electron chi connectivity index (χ0n) is 28.6. The van der Waals surface area contributed by atoms with Gasteiger partial charge in [0.25, 0.3) is 0 Å². The summed E-state index contributed by atoms with van der Waals surface area (Å²) in [5.41, 5.74) is 14.1. The van der Waals surface area contributed by atoms with Gasteiger partial charge in [-0.15, -0.1) is 0 Å². The molecular weight excluding hydrogens is 649 g/mol. The number of rotatable bonds is 5. The van der Waals surface area contributed by atoms with E-state index in [0.717, 1.165) is 84.6 Å². The van der Waals surface area contributed by atoms with Crippen LogP contribution in [0.3, 0.4) is 0 Å². The second kappa shape index (κ2) is 11.7. The van der Waals surface area contributed by atoms with Gasteiger partial charge in [0.15, 0.2) is 5.82 Å². The SMILES string of the molecule is C1=Cc2c(nc(-c3ccc(-c4cc(-c5ccc(-n6c7ccccc7c7ccccc76)cc5)nc(-c5ccccc5)n4)cc3)c3c2oc2ccccc23)C1. The maximum atomic E-state index is 6.42. The van der Waals surface area contributed by atoms with Crippen LogP contribution in [-0.4, -0.2) is 19.5 Å². The smallest absolute Gasteiger partial charge is 0.160 e. The molecule has 0 saturated carbocycles. The van der Waals surface area contributed by atoms with Crippen LogP contribution in [0.1, 0.15) is 11.3 Å². The summed E-state index contributed by atoms with van der Waals surface area (Å²) < 4.78 is 8.75. The van der Waals surface area contributed by atoms with Gasteiger partial charge < -0.3 is 8.98 Å². The van der Waals surface area contributed by atoms with Crippen molar-refractivity contribution in [1.82, 2.24) is 19.5 Å². The number of benzene rings is 6. The fourth-order valence-electron chi connectivity index (χ4n) is 7.92. The fraction of sp³-hybridized carbons (Fsp3) is 0.0208. The van der Waals surface area contributed by atoms with E-state index >= 15 is 0 Å². The van der Waals surface area contributed by atoms with Crippen molar-refractivity contribution >= 4 is 49.8 Å². The first-order chi connectivity index (χ1) is 26.3. The van der Waals surface area contributed by atoms with Gasteiger partial charge in [-0.3, -0.25) is 4.98 Å². The molecule has 0 aliphatic heterocycles. The number of nitrogens with zero attached hydrogens (tertiary/aromatic N) is 4. The van der Waals surface area contributed by atoms with Gasteiger partial charge in [-0.2, -0.15) is 0 Å². The predicted molar refractivity (Wildman–Crippen MR) is 216 cm³/mol. The average molecular weight is 679 g/mol.